The van der Waals surface area contributed by atoms with Crippen LogP contribution in [0, 0.1) is 20.8 Å². The summed E-state index contributed by atoms with van der Waals surface area (Å²) in [6.07, 6.45) is 0.859. The number of benzene rings is 1. The lowest BCUT2D eigenvalue weighted by Gasteiger charge is -2.10. The first kappa shape index (κ1) is 13.0. The Kier molecular flexibility index (Phi) is 3.67. The lowest BCUT2D eigenvalue weighted by atomic mass is 10.0. The lowest BCUT2D eigenvalue weighted by molar-refractivity contribution is 1.000. The first-order chi connectivity index (χ1) is 8.52. The summed E-state index contributed by atoms with van der Waals surface area (Å²) < 4.78 is 0. The van der Waals surface area contributed by atoms with Crippen molar-refractivity contribution in [3.63, 3.8) is 0 Å². The monoisotopic (exact) mass is 260 g/mol. The van der Waals surface area contributed by atoms with Gasteiger partial charge in [-0.3, -0.25) is 0 Å². The molecule has 0 saturated heterocycles. The van der Waals surface area contributed by atoms with E-state index in [9.17, 15) is 0 Å². The Bertz CT molecular complexity index is 568. The van der Waals surface area contributed by atoms with Gasteiger partial charge in [-0.2, -0.15) is 0 Å². The van der Waals surface area contributed by atoms with Gasteiger partial charge in [0.1, 0.15) is 5.15 Å². The molecular formula is C15H17ClN2. The fraction of sp³-hybridized carbons (Fsp3) is 0.333. The van der Waals surface area contributed by atoms with E-state index in [1.54, 1.807) is 0 Å². The Labute approximate surface area is 113 Å². The topological polar surface area (TPSA) is 25.8 Å². The third-order valence-electron chi connectivity index (χ3n) is 3.15. The number of halogens is 1. The summed E-state index contributed by atoms with van der Waals surface area (Å²) in [6.45, 7) is 8.18. The molecule has 0 aliphatic heterocycles. The molecular weight excluding hydrogens is 244 g/mol. The van der Waals surface area contributed by atoms with Crippen LogP contribution in [0.4, 0.5) is 0 Å². The van der Waals surface area contributed by atoms with E-state index in [-0.39, 0.29) is 0 Å². The molecule has 0 amide bonds. The maximum Gasteiger partial charge on any atom is 0.161 e. The van der Waals surface area contributed by atoms with E-state index in [0.717, 1.165) is 29.1 Å². The Morgan fingerprint density at radius 3 is 2.44 bits per heavy atom. The minimum Gasteiger partial charge on any atom is -0.233 e. The number of nitrogens with zero attached hydrogens (tertiary/aromatic N) is 2. The Morgan fingerprint density at radius 2 is 1.83 bits per heavy atom. The van der Waals surface area contributed by atoms with E-state index in [1.807, 2.05) is 6.92 Å². The smallest absolute Gasteiger partial charge is 0.161 e. The number of aromatic nitrogens is 2. The van der Waals surface area contributed by atoms with Gasteiger partial charge in [-0.25, -0.2) is 9.97 Å². The molecule has 0 radical (unpaired) electrons. The zero-order chi connectivity index (χ0) is 13.3. The highest BCUT2D eigenvalue weighted by Gasteiger charge is 2.11. The SMILES string of the molecule is CCc1c(C)nc(-c2cc(C)ccc2C)nc1Cl. The molecule has 0 aliphatic rings. The van der Waals surface area contributed by atoms with Crippen LogP contribution in [0.15, 0.2) is 18.2 Å². The predicted octanol–water partition coefficient (Wildman–Crippen LogP) is 4.28. The van der Waals surface area contributed by atoms with E-state index in [4.69, 9.17) is 11.6 Å². The summed E-state index contributed by atoms with van der Waals surface area (Å²) in [4.78, 5) is 9.01. The molecule has 0 unspecified atom stereocenters. The van der Waals surface area contributed by atoms with Crippen molar-refractivity contribution in [1.82, 2.24) is 9.97 Å². The maximum absolute atomic E-state index is 6.23. The van der Waals surface area contributed by atoms with Crippen LogP contribution in [0.25, 0.3) is 11.4 Å². The standard InChI is InChI=1S/C15H17ClN2/c1-5-12-11(4)17-15(18-14(12)16)13-8-9(2)6-7-10(13)3/h6-8H,5H2,1-4H3. The lowest BCUT2D eigenvalue weighted by Crippen LogP contribution is -2.00. The molecule has 0 fully saturated rings. The Morgan fingerprint density at radius 1 is 1.11 bits per heavy atom. The molecule has 94 valence electrons. The van der Waals surface area contributed by atoms with E-state index < -0.39 is 0 Å². The summed E-state index contributed by atoms with van der Waals surface area (Å²) in [5.41, 5.74) is 5.43. The molecule has 0 spiro atoms. The van der Waals surface area contributed by atoms with E-state index >= 15 is 0 Å². The normalized spacial score (nSPS) is 10.7. The molecule has 0 aliphatic carbocycles. The fourth-order valence-corrected chi connectivity index (χ4v) is 2.41. The van der Waals surface area contributed by atoms with Crippen molar-refractivity contribution < 1.29 is 0 Å². The average molecular weight is 261 g/mol. The molecule has 1 aromatic carbocycles. The van der Waals surface area contributed by atoms with Crippen LogP contribution in [-0.2, 0) is 6.42 Å². The highest BCUT2D eigenvalue weighted by Crippen LogP contribution is 2.25. The molecule has 0 saturated carbocycles. The average Bonchev–Trinajstić information content (AvgIpc) is 2.32. The number of rotatable bonds is 2. The highest BCUT2D eigenvalue weighted by molar-refractivity contribution is 6.30. The van der Waals surface area contributed by atoms with E-state index in [0.29, 0.717) is 5.15 Å². The summed E-state index contributed by atoms with van der Waals surface area (Å²) in [6, 6.07) is 6.28. The zero-order valence-corrected chi connectivity index (χ0v) is 12.0. The third-order valence-corrected chi connectivity index (χ3v) is 3.46. The minimum atomic E-state index is 0.570. The van der Waals surface area contributed by atoms with Gasteiger partial charge in [-0.15, -0.1) is 0 Å². The van der Waals surface area contributed by atoms with Gasteiger partial charge in [0.15, 0.2) is 5.82 Å². The van der Waals surface area contributed by atoms with E-state index in [2.05, 4.69) is 48.9 Å². The number of aryl methyl sites for hydroxylation is 3. The Hall–Kier alpha value is -1.41. The van der Waals surface area contributed by atoms with Crippen molar-refractivity contribution in [2.75, 3.05) is 0 Å². The quantitative estimate of drug-likeness (QED) is 0.753. The summed E-state index contributed by atoms with van der Waals surface area (Å²) in [5, 5.41) is 0.570. The molecule has 1 aromatic heterocycles. The second-order valence-electron chi connectivity index (χ2n) is 4.57. The molecule has 2 nitrogen and oxygen atoms in total. The van der Waals surface area contributed by atoms with Crippen molar-refractivity contribution in [3.05, 3.63) is 45.7 Å². The molecule has 1 heterocycles. The molecule has 0 N–H and O–H groups in total. The molecule has 3 heteroatoms. The molecule has 2 rings (SSSR count). The fourth-order valence-electron chi connectivity index (χ4n) is 2.06. The molecule has 0 bridgehead atoms. The summed E-state index contributed by atoms with van der Waals surface area (Å²) >= 11 is 6.23. The summed E-state index contributed by atoms with van der Waals surface area (Å²) in [5.74, 6) is 0.718. The van der Waals surface area contributed by atoms with Gasteiger partial charge in [0, 0.05) is 16.8 Å². The van der Waals surface area contributed by atoms with Gasteiger partial charge in [-0.05, 0) is 38.8 Å². The molecule has 0 atom stereocenters. The zero-order valence-electron chi connectivity index (χ0n) is 11.2. The van der Waals surface area contributed by atoms with Crippen LogP contribution in [-0.4, -0.2) is 9.97 Å². The maximum atomic E-state index is 6.23. The van der Waals surface area contributed by atoms with Crippen molar-refractivity contribution in [2.45, 2.75) is 34.1 Å². The van der Waals surface area contributed by atoms with Gasteiger partial charge in [0.05, 0.1) is 0 Å². The van der Waals surface area contributed by atoms with Crippen molar-refractivity contribution in [3.8, 4) is 11.4 Å². The number of hydrogen-bond donors (Lipinski definition) is 0. The highest BCUT2D eigenvalue weighted by atomic mass is 35.5. The molecule has 2 aromatic rings. The van der Waals surface area contributed by atoms with Crippen LogP contribution < -0.4 is 0 Å². The van der Waals surface area contributed by atoms with E-state index in [1.165, 1.54) is 11.1 Å². The largest absolute Gasteiger partial charge is 0.233 e. The predicted molar refractivity (Wildman–Crippen MR) is 76.1 cm³/mol. The van der Waals surface area contributed by atoms with Gasteiger partial charge < -0.3 is 0 Å². The second-order valence-corrected chi connectivity index (χ2v) is 4.93. The van der Waals surface area contributed by atoms with Crippen molar-refractivity contribution in [2.24, 2.45) is 0 Å². The van der Waals surface area contributed by atoms with Gasteiger partial charge in [0.2, 0.25) is 0 Å². The van der Waals surface area contributed by atoms with Crippen molar-refractivity contribution in [1.29, 1.82) is 0 Å². The Balaban J connectivity index is 2.61. The first-order valence-electron chi connectivity index (χ1n) is 6.13. The van der Waals surface area contributed by atoms with Crippen LogP contribution >= 0.6 is 11.6 Å². The second kappa shape index (κ2) is 5.07. The molecule has 18 heavy (non-hydrogen) atoms. The van der Waals surface area contributed by atoms with Crippen LogP contribution in [0.3, 0.4) is 0 Å². The number of hydrogen-bond acceptors (Lipinski definition) is 2. The van der Waals surface area contributed by atoms with Gasteiger partial charge in [0.25, 0.3) is 0 Å². The minimum absolute atomic E-state index is 0.570. The van der Waals surface area contributed by atoms with Crippen LogP contribution in [0.5, 0.6) is 0 Å². The first-order valence-corrected chi connectivity index (χ1v) is 6.51. The van der Waals surface area contributed by atoms with Crippen LogP contribution in [0.1, 0.15) is 29.3 Å². The van der Waals surface area contributed by atoms with Crippen LogP contribution in [0.2, 0.25) is 5.15 Å². The van der Waals surface area contributed by atoms with Gasteiger partial charge in [-0.1, -0.05) is 36.2 Å². The summed E-state index contributed by atoms with van der Waals surface area (Å²) in [7, 11) is 0. The third kappa shape index (κ3) is 2.39. The van der Waals surface area contributed by atoms with Gasteiger partial charge >= 0.3 is 0 Å². The van der Waals surface area contributed by atoms with Crippen molar-refractivity contribution >= 4 is 11.6 Å².